The molecule has 0 saturated carbocycles. The van der Waals surface area contributed by atoms with Crippen LogP contribution < -0.4 is 15.2 Å². The summed E-state index contributed by atoms with van der Waals surface area (Å²) < 4.78 is 11.0. The van der Waals surface area contributed by atoms with Gasteiger partial charge in [0.05, 0.1) is 13.2 Å². The number of piperidine rings is 1. The lowest BCUT2D eigenvalue weighted by Crippen LogP contribution is -2.48. The van der Waals surface area contributed by atoms with Gasteiger partial charge in [0.2, 0.25) is 5.91 Å². The Hall–Kier alpha value is -1.75. The highest BCUT2D eigenvalue weighted by atomic mass is 16.5. The first-order chi connectivity index (χ1) is 9.72. The van der Waals surface area contributed by atoms with Gasteiger partial charge in [-0.3, -0.25) is 9.69 Å². The maximum absolute atomic E-state index is 11.4. The van der Waals surface area contributed by atoms with Crippen LogP contribution in [0.3, 0.4) is 0 Å². The third kappa shape index (κ3) is 3.63. The van der Waals surface area contributed by atoms with Gasteiger partial charge in [0.1, 0.15) is 6.61 Å². The summed E-state index contributed by atoms with van der Waals surface area (Å²) in [5.41, 5.74) is 5.44. The number of para-hydroxylation sites is 2. The molecule has 1 aliphatic rings. The Bertz CT molecular complexity index is 450. The molecule has 2 N–H and O–H groups in total. The largest absolute Gasteiger partial charge is 0.493 e. The molecule has 20 heavy (non-hydrogen) atoms. The maximum Gasteiger partial charge on any atom is 0.234 e. The molecule has 2 rings (SSSR count). The fourth-order valence-electron chi connectivity index (χ4n) is 2.59. The Labute approximate surface area is 119 Å². The zero-order valence-electron chi connectivity index (χ0n) is 11.9. The van der Waals surface area contributed by atoms with Gasteiger partial charge >= 0.3 is 0 Å². The number of primary amides is 1. The van der Waals surface area contributed by atoms with E-state index in [0.717, 1.165) is 37.3 Å². The van der Waals surface area contributed by atoms with Crippen LogP contribution in [0.1, 0.15) is 19.3 Å². The lowest BCUT2D eigenvalue weighted by atomic mass is 10.0. The normalized spacial score (nSPS) is 19.6. The molecule has 0 bridgehead atoms. The third-order valence-corrected chi connectivity index (χ3v) is 3.65. The minimum Gasteiger partial charge on any atom is -0.493 e. The van der Waals surface area contributed by atoms with Crippen molar-refractivity contribution >= 4 is 5.91 Å². The van der Waals surface area contributed by atoms with Crippen LogP contribution in [0.2, 0.25) is 0 Å². The van der Waals surface area contributed by atoms with Crippen LogP contribution in [-0.2, 0) is 4.79 Å². The highest BCUT2D eigenvalue weighted by Gasteiger charge is 2.26. The predicted molar refractivity (Wildman–Crippen MR) is 76.9 cm³/mol. The topological polar surface area (TPSA) is 64.8 Å². The Balaban J connectivity index is 1.86. The number of rotatable bonds is 6. The summed E-state index contributed by atoms with van der Waals surface area (Å²) in [6.07, 6.45) is 3.03. The summed E-state index contributed by atoms with van der Waals surface area (Å²) in [6, 6.07) is 7.40. The monoisotopic (exact) mass is 278 g/mol. The SMILES string of the molecule is COc1ccccc1OCCN1CCCCC1C(N)=O. The number of carbonyl (C=O) groups is 1. The summed E-state index contributed by atoms with van der Waals surface area (Å²) >= 11 is 0. The number of nitrogens with two attached hydrogens (primary N) is 1. The lowest BCUT2D eigenvalue weighted by Gasteiger charge is -2.33. The van der Waals surface area contributed by atoms with Crippen LogP contribution in [0.4, 0.5) is 0 Å². The van der Waals surface area contributed by atoms with Crippen molar-refractivity contribution < 1.29 is 14.3 Å². The maximum atomic E-state index is 11.4. The van der Waals surface area contributed by atoms with E-state index in [0.29, 0.717) is 13.2 Å². The molecule has 0 spiro atoms. The van der Waals surface area contributed by atoms with Gasteiger partial charge in [-0.25, -0.2) is 0 Å². The van der Waals surface area contributed by atoms with E-state index in [4.69, 9.17) is 15.2 Å². The average molecular weight is 278 g/mol. The summed E-state index contributed by atoms with van der Waals surface area (Å²) in [5, 5.41) is 0. The molecule has 0 aromatic heterocycles. The zero-order chi connectivity index (χ0) is 14.4. The molecule has 1 unspecified atom stereocenters. The number of methoxy groups -OCH3 is 1. The number of ether oxygens (including phenoxy) is 2. The van der Waals surface area contributed by atoms with Crippen LogP contribution in [0.5, 0.6) is 11.5 Å². The van der Waals surface area contributed by atoms with Crippen LogP contribution in [0, 0.1) is 0 Å². The number of amides is 1. The summed E-state index contributed by atoms with van der Waals surface area (Å²) in [5.74, 6) is 1.21. The number of likely N-dealkylation sites (tertiary alicyclic amines) is 1. The van der Waals surface area contributed by atoms with Crippen molar-refractivity contribution in [1.82, 2.24) is 4.90 Å². The van der Waals surface area contributed by atoms with Gasteiger partial charge in [-0.15, -0.1) is 0 Å². The summed E-state index contributed by atoms with van der Waals surface area (Å²) in [6.45, 7) is 2.12. The van der Waals surface area contributed by atoms with Crippen LogP contribution >= 0.6 is 0 Å². The molecular formula is C15H22N2O3. The van der Waals surface area contributed by atoms with E-state index >= 15 is 0 Å². The van der Waals surface area contributed by atoms with E-state index in [1.54, 1.807) is 7.11 Å². The molecule has 1 amide bonds. The number of nitrogens with zero attached hydrogens (tertiary/aromatic N) is 1. The van der Waals surface area contributed by atoms with Crippen molar-refractivity contribution in [1.29, 1.82) is 0 Å². The van der Waals surface area contributed by atoms with Crippen molar-refractivity contribution in [2.45, 2.75) is 25.3 Å². The minimum atomic E-state index is -0.234. The van der Waals surface area contributed by atoms with Crippen molar-refractivity contribution in [2.75, 3.05) is 26.8 Å². The summed E-state index contributed by atoms with van der Waals surface area (Å²) in [7, 11) is 1.62. The van der Waals surface area contributed by atoms with Crippen LogP contribution in [0.15, 0.2) is 24.3 Å². The first-order valence-corrected chi connectivity index (χ1v) is 7.01. The molecule has 1 atom stereocenters. The van der Waals surface area contributed by atoms with Crippen molar-refractivity contribution in [2.24, 2.45) is 5.73 Å². The van der Waals surface area contributed by atoms with Gasteiger partial charge in [-0.1, -0.05) is 18.6 Å². The molecule has 1 aliphatic heterocycles. The van der Waals surface area contributed by atoms with Gasteiger partial charge < -0.3 is 15.2 Å². The Morgan fingerprint density at radius 2 is 2.10 bits per heavy atom. The number of hydrogen-bond donors (Lipinski definition) is 1. The predicted octanol–water partition coefficient (Wildman–Crippen LogP) is 1.41. The number of carbonyl (C=O) groups excluding carboxylic acids is 1. The van der Waals surface area contributed by atoms with Gasteiger partial charge in [-0.2, -0.15) is 0 Å². The molecule has 1 heterocycles. The quantitative estimate of drug-likeness (QED) is 0.854. The summed E-state index contributed by atoms with van der Waals surface area (Å²) in [4.78, 5) is 13.5. The van der Waals surface area contributed by atoms with E-state index < -0.39 is 0 Å². The van der Waals surface area contributed by atoms with Gasteiger partial charge in [0.15, 0.2) is 11.5 Å². The van der Waals surface area contributed by atoms with Gasteiger partial charge in [0.25, 0.3) is 0 Å². The highest BCUT2D eigenvalue weighted by molar-refractivity contribution is 5.79. The number of hydrogen-bond acceptors (Lipinski definition) is 4. The minimum absolute atomic E-state index is 0.148. The van der Waals surface area contributed by atoms with Crippen molar-refractivity contribution in [3.63, 3.8) is 0 Å². The first-order valence-electron chi connectivity index (χ1n) is 7.01. The van der Waals surface area contributed by atoms with E-state index in [1.165, 1.54) is 0 Å². The first kappa shape index (κ1) is 14.7. The fraction of sp³-hybridized carbons (Fsp3) is 0.533. The highest BCUT2D eigenvalue weighted by Crippen LogP contribution is 2.25. The number of benzene rings is 1. The third-order valence-electron chi connectivity index (χ3n) is 3.65. The van der Waals surface area contributed by atoms with E-state index in [9.17, 15) is 4.79 Å². The smallest absolute Gasteiger partial charge is 0.234 e. The van der Waals surface area contributed by atoms with Crippen molar-refractivity contribution in [3.05, 3.63) is 24.3 Å². The molecule has 5 nitrogen and oxygen atoms in total. The van der Waals surface area contributed by atoms with Crippen LogP contribution in [0.25, 0.3) is 0 Å². The Kier molecular flexibility index (Phi) is 5.24. The molecule has 1 saturated heterocycles. The Morgan fingerprint density at radius 1 is 1.35 bits per heavy atom. The molecule has 5 heteroatoms. The lowest BCUT2D eigenvalue weighted by molar-refractivity contribution is -0.124. The Morgan fingerprint density at radius 3 is 2.80 bits per heavy atom. The molecule has 1 aromatic rings. The van der Waals surface area contributed by atoms with E-state index in [2.05, 4.69) is 4.90 Å². The molecule has 0 radical (unpaired) electrons. The molecule has 110 valence electrons. The van der Waals surface area contributed by atoms with Gasteiger partial charge in [-0.05, 0) is 31.5 Å². The zero-order valence-corrected chi connectivity index (χ0v) is 11.9. The van der Waals surface area contributed by atoms with E-state index in [1.807, 2.05) is 24.3 Å². The van der Waals surface area contributed by atoms with Crippen LogP contribution in [-0.4, -0.2) is 43.7 Å². The van der Waals surface area contributed by atoms with E-state index in [-0.39, 0.29) is 11.9 Å². The van der Waals surface area contributed by atoms with Gasteiger partial charge in [0, 0.05) is 6.54 Å². The second-order valence-corrected chi connectivity index (χ2v) is 4.95. The second kappa shape index (κ2) is 7.14. The molecular weight excluding hydrogens is 256 g/mol. The average Bonchev–Trinajstić information content (AvgIpc) is 2.48. The molecule has 1 fully saturated rings. The second-order valence-electron chi connectivity index (χ2n) is 4.95. The molecule has 0 aliphatic carbocycles. The fourth-order valence-corrected chi connectivity index (χ4v) is 2.59. The standard InChI is InChI=1S/C15H22N2O3/c1-19-13-7-2-3-8-14(13)20-11-10-17-9-5-4-6-12(17)15(16)18/h2-3,7-8,12H,4-6,9-11H2,1H3,(H2,16,18). The van der Waals surface area contributed by atoms with Crippen molar-refractivity contribution in [3.8, 4) is 11.5 Å². The molecule has 1 aromatic carbocycles.